The summed E-state index contributed by atoms with van der Waals surface area (Å²) in [6, 6.07) is 11.4. The van der Waals surface area contributed by atoms with Crippen LogP contribution in [0.15, 0.2) is 47.5 Å². The number of aromatic nitrogens is 1. The Morgan fingerprint density at radius 1 is 1.26 bits per heavy atom. The Labute approximate surface area is 118 Å². The van der Waals surface area contributed by atoms with Crippen LogP contribution >= 0.6 is 11.8 Å². The number of hydrogen-bond acceptors (Lipinski definition) is 4. The van der Waals surface area contributed by atoms with Gasteiger partial charge in [0.2, 0.25) is 0 Å². The first-order valence-corrected chi connectivity index (χ1v) is 7.37. The zero-order valence-electron chi connectivity index (χ0n) is 11.0. The zero-order chi connectivity index (χ0) is 13.5. The molecule has 0 bridgehead atoms. The smallest absolute Gasteiger partial charge is 0.129 e. The van der Waals surface area contributed by atoms with Crippen LogP contribution < -0.4 is 5.32 Å². The van der Waals surface area contributed by atoms with Crippen LogP contribution in [0.1, 0.15) is 19.0 Å². The number of hydrogen-bond donors (Lipinski definition) is 2. The highest BCUT2D eigenvalue weighted by molar-refractivity contribution is 7.98. The average molecular weight is 274 g/mol. The molecule has 0 saturated heterocycles. The predicted molar refractivity (Wildman–Crippen MR) is 80.7 cm³/mol. The number of thioether (sulfide) groups is 1. The second-order valence-electron chi connectivity index (χ2n) is 4.22. The van der Waals surface area contributed by atoms with E-state index in [2.05, 4.69) is 23.3 Å². The fourth-order valence-electron chi connectivity index (χ4n) is 1.67. The molecule has 0 unspecified atom stereocenters. The Kier molecular flexibility index (Phi) is 5.10. The van der Waals surface area contributed by atoms with E-state index in [1.165, 1.54) is 0 Å². The van der Waals surface area contributed by atoms with E-state index in [9.17, 15) is 5.11 Å². The molecule has 0 aliphatic heterocycles. The van der Waals surface area contributed by atoms with Crippen molar-refractivity contribution in [3.05, 3.63) is 48.3 Å². The second-order valence-corrected chi connectivity index (χ2v) is 5.24. The molecular weight excluding hydrogens is 256 g/mol. The topological polar surface area (TPSA) is 45.2 Å². The van der Waals surface area contributed by atoms with Crippen LogP contribution in [0.25, 0.3) is 0 Å². The van der Waals surface area contributed by atoms with Crippen LogP contribution in [-0.2, 0) is 5.75 Å². The third-order valence-electron chi connectivity index (χ3n) is 2.64. The molecule has 2 rings (SSSR count). The lowest BCUT2D eigenvalue weighted by atomic mass is 10.3. The van der Waals surface area contributed by atoms with Gasteiger partial charge in [-0.25, -0.2) is 0 Å². The number of para-hydroxylation sites is 1. The summed E-state index contributed by atoms with van der Waals surface area (Å²) >= 11 is 1.59. The van der Waals surface area contributed by atoms with Crippen LogP contribution in [-0.4, -0.2) is 16.6 Å². The van der Waals surface area contributed by atoms with Crippen LogP contribution in [0.5, 0.6) is 5.75 Å². The minimum absolute atomic E-state index is 0.327. The van der Waals surface area contributed by atoms with Gasteiger partial charge in [0.15, 0.2) is 0 Å². The number of phenolic OH excluding ortho intramolecular Hbond substituents is 1. The highest BCUT2D eigenvalue weighted by atomic mass is 32.2. The van der Waals surface area contributed by atoms with E-state index in [4.69, 9.17) is 0 Å². The number of phenols is 1. The van der Waals surface area contributed by atoms with Gasteiger partial charge in [0.25, 0.3) is 0 Å². The molecule has 0 radical (unpaired) electrons. The first-order chi connectivity index (χ1) is 9.29. The molecule has 0 aliphatic rings. The average Bonchev–Trinajstić information content (AvgIpc) is 2.45. The molecule has 2 N–H and O–H groups in total. The molecule has 0 aliphatic carbocycles. The van der Waals surface area contributed by atoms with Crippen molar-refractivity contribution in [2.24, 2.45) is 0 Å². The van der Waals surface area contributed by atoms with Gasteiger partial charge in [-0.2, -0.15) is 0 Å². The van der Waals surface area contributed by atoms with E-state index in [0.29, 0.717) is 5.75 Å². The lowest BCUT2D eigenvalue weighted by molar-refractivity contribution is 0.462. The second kappa shape index (κ2) is 7.04. The fourth-order valence-corrected chi connectivity index (χ4v) is 2.52. The molecule has 1 aromatic heterocycles. The quantitative estimate of drug-likeness (QED) is 0.784. The molecule has 19 heavy (non-hydrogen) atoms. The molecule has 0 fully saturated rings. The van der Waals surface area contributed by atoms with Crippen molar-refractivity contribution in [3.63, 3.8) is 0 Å². The maximum absolute atomic E-state index is 9.71. The van der Waals surface area contributed by atoms with Crippen molar-refractivity contribution in [2.45, 2.75) is 24.0 Å². The van der Waals surface area contributed by atoms with Gasteiger partial charge in [0.05, 0.1) is 5.69 Å². The summed E-state index contributed by atoms with van der Waals surface area (Å²) in [7, 11) is 0. The molecule has 2 aromatic rings. The van der Waals surface area contributed by atoms with Crippen molar-refractivity contribution >= 4 is 17.4 Å². The molecule has 3 nitrogen and oxygen atoms in total. The molecule has 100 valence electrons. The number of benzene rings is 1. The van der Waals surface area contributed by atoms with Gasteiger partial charge in [-0.15, -0.1) is 11.8 Å². The third kappa shape index (κ3) is 4.17. The lowest BCUT2D eigenvalue weighted by Gasteiger charge is -2.07. The van der Waals surface area contributed by atoms with E-state index < -0.39 is 0 Å². The van der Waals surface area contributed by atoms with Gasteiger partial charge in [-0.1, -0.05) is 19.1 Å². The summed E-state index contributed by atoms with van der Waals surface area (Å²) in [6.45, 7) is 3.11. The maximum Gasteiger partial charge on any atom is 0.129 e. The minimum Gasteiger partial charge on any atom is -0.507 e. The first-order valence-electron chi connectivity index (χ1n) is 6.39. The van der Waals surface area contributed by atoms with Crippen molar-refractivity contribution < 1.29 is 5.11 Å². The standard InChI is InChI=1S/C15H18N2OS/c1-2-8-16-12-7-9-17-13(10-12)11-19-15-6-4-3-5-14(15)18/h3-7,9-10,18H,2,8,11H2,1H3,(H,16,17). The van der Waals surface area contributed by atoms with Crippen molar-refractivity contribution in [1.82, 2.24) is 4.98 Å². The van der Waals surface area contributed by atoms with Crippen LogP contribution in [0, 0.1) is 0 Å². The zero-order valence-corrected chi connectivity index (χ0v) is 11.8. The number of rotatable bonds is 6. The molecule has 0 atom stereocenters. The molecule has 0 amide bonds. The molecule has 4 heteroatoms. The minimum atomic E-state index is 0.327. The highest BCUT2D eigenvalue weighted by Gasteiger charge is 2.02. The number of pyridine rings is 1. The lowest BCUT2D eigenvalue weighted by Crippen LogP contribution is -2.00. The fraction of sp³-hybridized carbons (Fsp3) is 0.267. The molecular formula is C15H18N2OS. The molecule has 1 aromatic carbocycles. The Morgan fingerprint density at radius 3 is 2.89 bits per heavy atom. The van der Waals surface area contributed by atoms with Gasteiger partial charge >= 0.3 is 0 Å². The van der Waals surface area contributed by atoms with Gasteiger partial charge in [0.1, 0.15) is 5.75 Å². The Morgan fingerprint density at radius 2 is 2.11 bits per heavy atom. The third-order valence-corrected chi connectivity index (χ3v) is 3.73. The summed E-state index contributed by atoms with van der Waals surface area (Å²) in [5.41, 5.74) is 2.11. The van der Waals surface area contributed by atoms with Crippen molar-refractivity contribution in [1.29, 1.82) is 0 Å². The van der Waals surface area contributed by atoms with E-state index in [-0.39, 0.29) is 0 Å². The Bertz CT molecular complexity index is 531. The van der Waals surface area contributed by atoms with Crippen molar-refractivity contribution in [2.75, 3.05) is 11.9 Å². The SMILES string of the molecule is CCCNc1ccnc(CSc2ccccc2O)c1. The van der Waals surface area contributed by atoms with Crippen molar-refractivity contribution in [3.8, 4) is 5.75 Å². The molecule has 1 heterocycles. The largest absolute Gasteiger partial charge is 0.507 e. The van der Waals surface area contributed by atoms with E-state index >= 15 is 0 Å². The van der Waals surface area contributed by atoms with Gasteiger partial charge in [-0.3, -0.25) is 4.98 Å². The van der Waals surface area contributed by atoms with Gasteiger partial charge in [-0.05, 0) is 30.7 Å². The Balaban J connectivity index is 1.98. The van der Waals surface area contributed by atoms with Crippen LogP contribution in [0.2, 0.25) is 0 Å². The predicted octanol–water partition coefficient (Wildman–Crippen LogP) is 3.90. The van der Waals surface area contributed by atoms with Crippen LogP contribution in [0.3, 0.4) is 0 Å². The van der Waals surface area contributed by atoms with E-state index in [1.807, 2.05) is 30.5 Å². The summed E-state index contributed by atoms with van der Waals surface area (Å²) in [4.78, 5) is 5.24. The van der Waals surface area contributed by atoms with E-state index in [1.54, 1.807) is 17.8 Å². The highest BCUT2D eigenvalue weighted by Crippen LogP contribution is 2.30. The van der Waals surface area contributed by atoms with Crippen LogP contribution in [0.4, 0.5) is 5.69 Å². The first kappa shape index (κ1) is 13.7. The summed E-state index contributed by atoms with van der Waals surface area (Å²) in [5.74, 6) is 1.08. The number of anilines is 1. The Hall–Kier alpha value is -1.68. The summed E-state index contributed by atoms with van der Waals surface area (Å²) in [6.07, 6.45) is 2.92. The number of aromatic hydroxyl groups is 1. The maximum atomic E-state index is 9.71. The number of nitrogens with zero attached hydrogens (tertiary/aromatic N) is 1. The van der Waals surface area contributed by atoms with E-state index in [0.717, 1.165) is 35.0 Å². The molecule has 0 spiro atoms. The molecule has 0 saturated carbocycles. The van der Waals surface area contributed by atoms with Gasteiger partial charge in [0, 0.05) is 29.1 Å². The summed E-state index contributed by atoms with van der Waals surface area (Å²) in [5, 5.41) is 13.1. The number of nitrogens with one attached hydrogen (secondary N) is 1. The van der Waals surface area contributed by atoms with Gasteiger partial charge < -0.3 is 10.4 Å². The normalized spacial score (nSPS) is 10.4. The summed E-state index contributed by atoms with van der Waals surface area (Å²) < 4.78 is 0. The monoisotopic (exact) mass is 274 g/mol.